The van der Waals surface area contributed by atoms with Crippen molar-refractivity contribution in [3.8, 4) is 11.8 Å². The molecule has 0 bridgehead atoms. The first kappa shape index (κ1) is 15.6. The third kappa shape index (κ3) is 3.63. The number of ether oxygens (including phenoxy) is 1. The summed E-state index contributed by atoms with van der Waals surface area (Å²) in [6.07, 6.45) is 1.69. The standard InChI is InChI=1S/C17H21NO3/c1-17(10-6-12-21-17)16(20)18(2)13-15-8-4-3-7-14(15)9-5-11-19/h3-4,7-8,19H,6,10-13H2,1-2H3. The van der Waals surface area contributed by atoms with E-state index in [0.29, 0.717) is 13.2 Å². The molecule has 0 saturated carbocycles. The minimum atomic E-state index is -0.694. The third-order valence-electron chi connectivity index (χ3n) is 3.74. The van der Waals surface area contributed by atoms with Gasteiger partial charge in [-0.2, -0.15) is 0 Å². The molecule has 1 heterocycles. The van der Waals surface area contributed by atoms with E-state index in [9.17, 15) is 4.79 Å². The van der Waals surface area contributed by atoms with Gasteiger partial charge in [0, 0.05) is 25.8 Å². The fraction of sp³-hybridized carbons (Fsp3) is 0.471. The highest BCUT2D eigenvalue weighted by molar-refractivity contribution is 5.85. The average Bonchev–Trinajstić information content (AvgIpc) is 2.93. The van der Waals surface area contributed by atoms with Gasteiger partial charge >= 0.3 is 0 Å². The van der Waals surface area contributed by atoms with Gasteiger partial charge in [0.2, 0.25) is 0 Å². The van der Waals surface area contributed by atoms with Crippen LogP contribution >= 0.6 is 0 Å². The minimum Gasteiger partial charge on any atom is -0.384 e. The van der Waals surface area contributed by atoms with Crippen molar-refractivity contribution in [2.24, 2.45) is 0 Å². The molecule has 0 spiro atoms. The van der Waals surface area contributed by atoms with Crippen molar-refractivity contribution in [2.45, 2.75) is 31.9 Å². The van der Waals surface area contributed by atoms with Crippen molar-refractivity contribution in [1.82, 2.24) is 4.90 Å². The number of carbonyl (C=O) groups excluding carboxylic acids is 1. The summed E-state index contributed by atoms with van der Waals surface area (Å²) in [6, 6.07) is 7.66. The van der Waals surface area contributed by atoms with E-state index in [-0.39, 0.29) is 12.5 Å². The van der Waals surface area contributed by atoms with Crippen LogP contribution in [0.1, 0.15) is 30.9 Å². The van der Waals surface area contributed by atoms with E-state index in [0.717, 1.165) is 24.0 Å². The van der Waals surface area contributed by atoms with Gasteiger partial charge in [-0.3, -0.25) is 4.79 Å². The summed E-state index contributed by atoms with van der Waals surface area (Å²) in [7, 11) is 1.78. The number of carbonyl (C=O) groups is 1. The van der Waals surface area contributed by atoms with Crippen LogP contribution in [0, 0.1) is 11.8 Å². The lowest BCUT2D eigenvalue weighted by Gasteiger charge is -2.28. The van der Waals surface area contributed by atoms with Crippen LogP contribution in [0.4, 0.5) is 0 Å². The van der Waals surface area contributed by atoms with Gasteiger partial charge in [-0.05, 0) is 31.4 Å². The zero-order chi connectivity index (χ0) is 15.3. The van der Waals surface area contributed by atoms with Crippen molar-refractivity contribution < 1.29 is 14.6 Å². The molecule has 0 radical (unpaired) electrons. The molecular formula is C17H21NO3. The number of hydrogen-bond donors (Lipinski definition) is 1. The molecule has 4 heteroatoms. The molecule has 1 aliphatic rings. The predicted octanol–water partition coefficient (Wildman–Crippen LogP) is 1.56. The van der Waals surface area contributed by atoms with Gasteiger partial charge in [-0.1, -0.05) is 30.0 Å². The zero-order valence-electron chi connectivity index (χ0n) is 12.6. The summed E-state index contributed by atoms with van der Waals surface area (Å²) >= 11 is 0. The first-order valence-electron chi connectivity index (χ1n) is 7.14. The van der Waals surface area contributed by atoms with Gasteiger partial charge in [0.1, 0.15) is 12.2 Å². The first-order chi connectivity index (χ1) is 10.1. The smallest absolute Gasteiger partial charge is 0.254 e. The van der Waals surface area contributed by atoms with Crippen LogP contribution in [0.25, 0.3) is 0 Å². The molecule has 4 nitrogen and oxygen atoms in total. The summed E-state index contributed by atoms with van der Waals surface area (Å²) in [6.45, 7) is 2.81. The topological polar surface area (TPSA) is 49.8 Å². The predicted molar refractivity (Wildman–Crippen MR) is 80.5 cm³/mol. The van der Waals surface area contributed by atoms with Crippen LogP contribution in [0.15, 0.2) is 24.3 Å². The molecule has 0 aliphatic carbocycles. The highest BCUT2D eigenvalue weighted by Crippen LogP contribution is 2.27. The number of amides is 1. The molecule has 112 valence electrons. The lowest BCUT2D eigenvalue weighted by Crippen LogP contribution is -2.44. The maximum Gasteiger partial charge on any atom is 0.254 e. The minimum absolute atomic E-state index is 0.00456. The molecule has 1 saturated heterocycles. The van der Waals surface area contributed by atoms with E-state index < -0.39 is 5.60 Å². The van der Waals surface area contributed by atoms with Crippen molar-refractivity contribution in [3.63, 3.8) is 0 Å². The highest BCUT2D eigenvalue weighted by Gasteiger charge is 2.39. The number of nitrogens with zero attached hydrogens (tertiary/aromatic N) is 1. The normalized spacial score (nSPS) is 20.7. The number of hydrogen-bond acceptors (Lipinski definition) is 3. The number of aliphatic hydroxyl groups excluding tert-OH is 1. The van der Waals surface area contributed by atoms with Gasteiger partial charge in [0.15, 0.2) is 0 Å². The SMILES string of the molecule is CN(Cc1ccccc1C#CCO)C(=O)C1(C)CCCO1. The van der Waals surface area contributed by atoms with Crippen LogP contribution in [0.5, 0.6) is 0 Å². The van der Waals surface area contributed by atoms with Crippen molar-refractivity contribution in [3.05, 3.63) is 35.4 Å². The van der Waals surface area contributed by atoms with Gasteiger partial charge in [-0.15, -0.1) is 0 Å². The van der Waals surface area contributed by atoms with Crippen molar-refractivity contribution >= 4 is 5.91 Å². The van der Waals surface area contributed by atoms with Crippen LogP contribution in [0.3, 0.4) is 0 Å². The Labute approximate surface area is 125 Å². The van der Waals surface area contributed by atoms with E-state index >= 15 is 0 Å². The molecule has 21 heavy (non-hydrogen) atoms. The summed E-state index contributed by atoms with van der Waals surface area (Å²) < 4.78 is 5.60. The number of aliphatic hydroxyl groups is 1. The Morgan fingerprint density at radius 3 is 2.90 bits per heavy atom. The Morgan fingerprint density at radius 1 is 1.48 bits per heavy atom. The Kier molecular flexibility index (Phi) is 5.00. The average molecular weight is 287 g/mol. The second-order valence-electron chi connectivity index (χ2n) is 5.46. The van der Waals surface area contributed by atoms with Gasteiger partial charge in [-0.25, -0.2) is 0 Å². The Hall–Kier alpha value is -1.83. The van der Waals surface area contributed by atoms with Gasteiger partial charge in [0.05, 0.1) is 0 Å². The molecule has 1 atom stereocenters. The molecule has 1 aromatic carbocycles. The molecule has 1 N–H and O–H groups in total. The summed E-state index contributed by atoms with van der Waals surface area (Å²) in [4.78, 5) is 14.2. The van der Waals surface area contributed by atoms with Crippen LogP contribution < -0.4 is 0 Å². The molecular weight excluding hydrogens is 266 g/mol. The Morgan fingerprint density at radius 2 is 2.24 bits per heavy atom. The number of benzene rings is 1. The first-order valence-corrected chi connectivity index (χ1v) is 7.14. The molecule has 2 rings (SSSR count). The number of likely N-dealkylation sites (N-methyl/N-ethyl adjacent to an activating group) is 1. The van der Waals surface area contributed by atoms with Crippen molar-refractivity contribution in [2.75, 3.05) is 20.3 Å². The lowest BCUT2D eigenvalue weighted by molar-refractivity contribution is -0.150. The molecule has 1 aromatic rings. The molecule has 0 aromatic heterocycles. The van der Waals surface area contributed by atoms with Gasteiger partial charge in [0.25, 0.3) is 5.91 Å². The maximum absolute atomic E-state index is 12.5. The maximum atomic E-state index is 12.5. The third-order valence-corrected chi connectivity index (χ3v) is 3.74. The van der Waals surface area contributed by atoms with E-state index in [2.05, 4.69) is 11.8 Å². The molecule has 1 amide bonds. The van der Waals surface area contributed by atoms with Crippen LogP contribution in [0.2, 0.25) is 0 Å². The quantitative estimate of drug-likeness (QED) is 0.858. The fourth-order valence-corrected chi connectivity index (χ4v) is 2.59. The van der Waals surface area contributed by atoms with E-state index in [1.165, 1.54) is 0 Å². The second kappa shape index (κ2) is 6.75. The van der Waals surface area contributed by atoms with E-state index in [1.807, 2.05) is 31.2 Å². The molecule has 1 unspecified atom stereocenters. The summed E-state index contributed by atoms with van der Waals surface area (Å²) in [5, 5.41) is 8.81. The van der Waals surface area contributed by atoms with Crippen LogP contribution in [-0.4, -0.2) is 41.8 Å². The largest absolute Gasteiger partial charge is 0.384 e. The lowest BCUT2D eigenvalue weighted by atomic mass is 10.0. The Balaban J connectivity index is 2.12. The fourth-order valence-electron chi connectivity index (χ4n) is 2.59. The Bertz CT molecular complexity index is 565. The second-order valence-corrected chi connectivity index (χ2v) is 5.46. The monoisotopic (exact) mass is 287 g/mol. The molecule has 1 aliphatic heterocycles. The van der Waals surface area contributed by atoms with Gasteiger partial charge < -0.3 is 14.7 Å². The van der Waals surface area contributed by atoms with Crippen LogP contribution in [-0.2, 0) is 16.1 Å². The van der Waals surface area contributed by atoms with E-state index in [1.54, 1.807) is 11.9 Å². The number of rotatable bonds is 3. The van der Waals surface area contributed by atoms with Crippen molar-refractivity contribution in [1.29, 1.82) is 0 Å². The van der Waals surface area contributed by atoms with E-state index in [4.69, 9.17) is 9.84 Å². The molecule has 1 fully saturated rings. The highest BCUT2D eigenvalue weighted by atomic mass is 16.5. The summed E-state index contributed by atoms with van der Waals surface area (Å²) in [5.74, 6) is 5.57. The zero-order valence-corrected chi connectivity index (χ0v) is 12.6. The summed E-state index contributed by atoms with van der Waals surface area (Å²) in [5.41, 5.74) is 1.11.